The minimum absolute atomic E-state index is 0.299. The molecule has 50 valence electrons. The molecule has 3 heteroatoms. The highest BCUT2D eigenvalue weighted by Crippen LogP contribution is 2.04. The van der Waals surface area contributed by atoms with E-state index in [1.165, 1.54) is 11.8 Å². The molecule has 0 N–H and O–H groups in total. The van der Waals surface area contributed by atoms with Gasteiger partial charge in [-0.25, -0.2) is 8.78 Å². The van der Waals surface area contributed by atoms with Gasteiger partial charge in [-0.1, -0.05) is 6.92 Å². The highest BCUT2D eigenvalue weighted by molar-refractivity contribution is 7.99. The smallest absolute Gasteiger partial charge is 0.137 e. The van der Waals surface area contributed by atoms with Crippen molar-refractivity contribution in [3.8, 4) is 0 Å². The monoisotopic (exact) mass is 140 g/mol. The molecule has 0 aromatic rings. The topological polar surface area (TPSA) is 0 Å². The summed E-state index contributed by atoms with van der Waals surface area (Å²) in [5, 5.41) is 0. The molecule has 0 rings (SSSR count). The van der Waals surface area contributed by atoms with E-state index < -0.39 is 12.8 Å². The zero-order chi connectivity index (χ0) is 6.41. The second kappa shape index (κ2) is 5.35. The van der Waals surface area contributed by atoms with Crippen LogP contribution in [0.2, 0.25) is 0 Å². The van der Waals surface area contributed by atoms with Crippen LogP contribution in [0.5, 0.6) is 0 Å². The van der Waals surface area contributed by atoms with E-state index in [0.29, 0.717) is 5.75 Å². The summed E-state index contributed by atoms with van der Waals surface area (Å²) >= 11 is 1.43. The fourth-order valence-corrected chi connectivity index (χ4v) is 0.871. The van der Waals surface area contributed by atoms with Crippen LogP contribution in [0.15, 0.2) is 0 Å². The van der Waals surface area contributed by atoms with Gasteiger partial charge in [-0.15, -0.1) is 0 Å². The Morgan fingerprint density at radius 3 is 2.62 bits per heavy atom. The first kappa shape index (κ1) is 8.21. The quantitative estimate of drug-likeness (QED) is 0.576. The summed E-state index contributed by atoms with van der Waals surface area (Å²) in [7, 11) is 0. The van der Waals surface area contributed by atoms with Crippen LogP contribution in [0.4, 0.5) is 8.78 Å². The van der Waals surface area contributed by atoms with Crippen LogP contribution in [0, 0.1) is 0 Å². The average Bonchev–Trinajstić information content (AvgIpc) is 1.83. The molecule has 0 nitrogen and oxygen atoms in total. The number of hydrogen-bond acceptors (Lipinski definition) is 1. The Hall–Kier alpha value is 0.210. The first-order valence-corrected chi connectivity index (χ1v) is 3.74. The highest BCUT2D eigenvalue weighted by Gasteiger charge is 2.02. The lowest BCUT2D eigenvalue weighted by Gasteiger charge is -1.98. The van der Waals surface area contributed by atoms with Crippen LogP contribution < -0.4 is 0 Å². The summed E-state index contributed by atoms with van der Waals surface area (Å²) in [6, 6.07) is 0. The Morgan fingerprint density at radius 2 is 2.25 bits per heavy atom. The van der Waals surface area contributed by atoms with Gasteiger partial charge in [-0.3, -0.25) is 0 Å². The van der Waals surface area contributed by atoms with Gasteiger partial charge in [0.25, 0.3) is 0 Å². The largest absolute Gasteiger partial charge is 0.248 e. The van der Waals surface area contributed by atoms with Crippen molar-refractivity contribution in [2.24, 2.45) is 0 Å². The Labute approximate surface area is 52.7 Å². The zero-order valence-corrected chi connectivity index (χ0v) is 5.68. The van der Waals surface area contributed by atoms with Gasteiger partial charge in [-0.05, 0) is 5.75 Å². The van der Waals surface area contributed by atoms with Gasteiger partial charge in [0.1, 0.15) is 12.8 Å². The van der Waals surface area contributed by atoms with E-state index in [2.05, 4.69) is 0 Å². The third-order valence-electron chi connectivity index (χ3n) is 0.670. The first-order chi connectivity index (χ1) is 3.81. The van der Waals surface area contributed by atoms with Crippen LogP contribution in [-0.4, -0.2) is 24.4 Å². The summed E-state index contributed by atoms with van der Waals surface area (Å²) in [6.45, 7) is 1.09. The molecule has 0 radical (unpaired) electrons. The molecule has 0 heterocycles. The normalized spacial score (nSPS) is 13.9. The van der Waals surface area contributed by atoms with Crippen LogP contribution in [0.25, 0.3) is 0 Å². The van der Waals surface area contributed by atoms with E-state index in [0.717, 1.165) is 5.75 Å². The Balaban J connectivity index is 2.86. The number of rotatable bonds is 4. The third kappa shape index (κ3) is 4.37. The number of alkyl halides is 2. The molecular weight excluding hydrogens is 130 g/mol. The summed E-state index contributed by atoms with van der Waals surface area (Å²) in [6.07, 6.45) is -1.25. The molecule has 0 amide bonds. The second-order valence-electron chi connectivity index (χ2n) is 1.41. The van der Waals surface area contributed by atoms with E-state index in [1.807, 2.05) is 6.92 Å². The van der Waals surface area contributed by atoms with Gasteiger partial charge < -0.3 is 0 Å². The van der Waals surface area contributed by atoms with Crippen molar-refractivity contribution in [2.45, 2.75) is 13.1 Å². The Bertz CT molecular complexity index is 49.7. The number of thioether (sulfide) groups is 1. The van der Waals surface area contributed by atoms with Crippen molar-refractivity contribution >= 4 is 11.8 Å². The van der Waals surface area contributed by atoms with Crippen molar-refractivity contribution < 1.29 is 8.78 Å². The summed E-state index contributed by atoms with van der Waals surface area (Å²) in [4.78, 5) is 0. The van der Waals surface area contributed by atoms with Crippen molar-refractivity contribution in [3.05, 3.63) is 0 Å². The van der Waals surface area contributed by atoms with E-state index in [-0.39, 0.29) is 0 Å². The summed E-state index contributed by atoms with van der Waals surface area (Å²) < 4.78 is 23.2. The molecule has 0 saturated carbocycles. The minimum atomic E-state index is -1.25. The Kier molecular flexibility index (Phi) is 5.49. The van der Waals surface area contributed by atoms with Gasteiger partial charge >= 0.3 is 0 Å². The molecule has 0 aliphatic carbocycles. The van der Waals surface area contributed by atoms with Crippen molar-refractivity contribution in [1.82, 2.24) is 0 Å². The van der Waals surface area contributed by atoms with Gasteiger partial charge in [0.2, 0.25) is 0 Å². The Morgan fingerprint density at radius 1 is 1.62 bits per heavy atom. The standard InChI is InChI=1S/C5H10F2S/c1-2-8-4-5(7)3-6/h5H,2-4H2,1H3. The molecular formula is C5H10F2S. The maximum Gasteiger partial charge on any atom is 0.137 e. The van der Waals surface area contributed by atoms with Gasteiger partial charge in [0, 0.05) is 5.75 Å². The van der Waals surface area contributed by atoms with Crippen LogP contribution in [0.1, 0.15) is 6.92 Å². The third-order valence-corrected chi connectivity index (χ3v) is 1.68. The predicted octanol–water partition coefficient (Wildman–Crippen LogP) is 2.05. The van der Waals surface area contributed by atoms with Gasteiger partial charge in [0.05, 0.1) is 0 Å². The highest BCUT2D eigenvalue weighted by atomic mass is 32.2. The van der Waals surface area contributed by atoms with Crippen LogP contribution in [-0.2, 0) is 0 Å². The fourth-order valence-electron chi connectivity index (χ4n) is 0.290. The van der Waals surface area contributed by atoms with E-state index in [4.69, 9.17) is 0 Å². The molecule has 0 fully saturated rings. The van der Waals surface area contributed by atoms with E-state index in [1.54, 1.807) is 0 Å². The molecule has 0 aliphatic heterocycles. The summed E-state index contributed by atoms with van der Waals surface area (Å²) in [5.41, 5.74) is 0. The van der Waals surface area contributed by atoms with Gasteiger partial charge in [-0.2, -0.15) is 11.8 Å². The van der Waals surface area contributed by atoms with E-state index >= 15 is 0 Å². The van der Waals surface area contributed by atoms with Crippen molar-refractivity contribution in [3.63, 3.8) is 0 Å². The molecule has 8 heavy (non-hydrogen) atoms. The van der Waals surface area contributed by atoms with Crippen molar-refractivity contribution in [2.75, 3.05) is 18.2 Å². The zero-order valence-electron chi connectivity index (χ0n) is 4.86. The van der Waals surface area contributed by atoms with Crippen molar-refractivity contribution in [1.29, 1.82) is 0 Å². The molecule has 1 atom stereocenters. The minimum Gasteiger partial charge on any atom is -0.248 e. The average molecular weight is 140 g/mol. The lowest BCUT2D eigenvalue weighted by molar-refractivity contribution is 0.286. The molecule has 0 aromatic heterocycles. The van der Waals surface area contributed by atoms with Crippen LogP contribution in [0.3, 0.4) is 0 Å². The van der Waals surface area contributed by atoms with Crippen LogP contribution >= 0.6 is 11.8 Å². The van der Waals surface area contributed by atoms with E-state index in [9.17, 15) is 8.78 Å². The second-order valence-corrected chi connectivity index (χ2v) is 2.73. The molecule has 0 spiro atoms. The maximum absolute atomic E-state index is 11.9. The molecule has 0 bridgehead atoms. The lowest BCUT2D eigenvalue weighted by Crippen LogP contribution is -2.05. The fraction of sp³-hybridized carbons (Fsp3) is 1.00. The van der Waals surface area contributed by atoms with Gasteiger partial charge in [0.15, 0.2) is 0 Å². The molecule has 1 unspecified atom stereocenters. The molecule has 0 aromatic carbocycles. The first-order valence-electron chi connectivity index (χ1n) is 2.59. The lowest BCUT2D eigenvalue weighted by atomic mass is 10.5. The number of halogens is 2. The SMILES string of the molecule is CCSCC(F)CF. The predicted molar refractivity (Wildman–Crippen MR) is 33.9 cm³/mol. The molecule has 0 aliphatic rings. The molecule has 0 saturated heterocycles. The number of hydrogen-bond donors (Lipinski definition) is 0. The maximum atomic E-state index is 11.9. The summed E-state index contributed by atoms with van der Waals surface area (Å²) in [5.74, 6) is 1.16.